The Hall–Kier alpha value is -5.73. The number of nitrogens with zero attached hydrogens (tertiary/aromatic N) is 2. The molecule has 0 bridgehead atoms. The van der Waals surface area contributed by atoms with Crippen molar-refractivity contribution in [1.29, 1.82) is 0 Å². The predicted octanol–water partition coefficient (Wildman–Crippen LogP) is 11.5. The second-order valence-corrected chi connectivity index (χ2v) is 11.8. The van der Waals surface area contributed by atoms with Crippen molar-refractivity contribution in [3.8, 4) is 50.2 Å². The summed E-state index contributed by atoms with van der Waals surface area (Å²) in [6.07, 6.45) is 3.73. The van der Waals surface area contributed by atoms with Crippen LogP contribution in [-0.2, 0) is 0 Å². The molecule has 0 unspecified atom stereocenters. The highest BCUT2D eigenvalue weighted by Gasteiger charge is 2.16. The number of rotatable bonds is 5. The van der Waals surface area contributed by atoms with Gasteiger partial charge < -0.3 is 4.57 Å². The molecule has 2 heteroatoms. The van der Waals surface area contributed by atoms with Crippen LogP contribution < -0.4 is 0 Å². The van der Waals surface area contributed by atoms with Crippen molar-refractivity contribution in [2.75, 3.05) is 0 Å². The van der Waals surface area contributed by atoms with E-state index in [0.29, 0.717) is 0 Å². The summed E-state index contributed by atoms with van der Waals surface area (Å²) in [6, 6.07) is 52.9. The van der Waals surface area contributed by atoms with Gasteiger partial charge in [0.15, 0.2) is 0 Å². The van der Waals surface area contributed by atoms with Crippen molar-refractivity contribution in [2.45, 2.75) is 13.8 Å². The van der Waals surface area contributed by atoms with E-state index in [0.717, 1.165) is 16.8 Å². The third kappa shape index (κ3) is 4.81. The second kappa shape index (κ2) is 11.1. The van der Waals surface area contributed by atoms with E-state index >= 15 is 0 Å². The van der Waals surface area contributed by atoms with Gasteiger partial charge in [-0.25, -0.2) is 0 Å². The van der Waals surface area contributed by atoms with Crippen molar-refractivity contribution >= 4 is 21.8 Å². The zero-order valence-corrected chi connectivity index (χ0v) is 25.4. The van der Waals surface area contributed by atoms with Gasteiger partial charge in [-0.15, -0.1) is 0 Å². The van der Waals surface area contributed by atoms with E-state index in [-0.39, 0.29) is 0 Å². The van der Waals surface area contributed by atoms with Gasteiger partial charge in [-0.3, -0.25) is 4.98 Å². The molecule has 0 radical (unpaired) electrons. The molecule has 2 nitrogen and oxygen atoms in total. The first kappa shape index (κ1) is 26.9. The van der Waals surface area contributed by atoms with Crippen LogP contribution in [0, 0.1) is 13.8 Å². The van der Waals surface area contributed by atoms with E-state index in [1.807, 2.05) is 12.4 Å². The maximum absolute atomic E-state index is 4.27. The van der Waals surface area contributed by atoms with Gasteiger partial charge in [0.2, 0.25) is 0 Å². The van der Waals surface area contributed by atoms with Gasteiger partial charge in [0, 0.05) is 28.9 Å². The zero-order valence-electron chi connectivity index (χ0n) is 25.4. The van der Waals surface area contributed by atoms with Crippen molar-refractivity contribution < 1.29 is 0 Å². The molecule has 0 aliphatic carbocycles. The van der Waals surface area contributed by atoms with Crippen LogP contribution in [0.3, 0.4) is 0 Å². The van der Waals surface area contributed by atoms with Crippen LogP contribution in [0.4, 0.5) is 0 Å². The van der Waals surface area contributed by atoms with E-state index in [1.54, 1.807) is 0 Å². The molecule has 0 saturated carbocycles. The van der Waals surface area contributed by atoms with Crippen molar-refractivity contribution in [2.24, 2.45) is 0 Å². The summed E-state index contributed by atoms with van der Waals surface area (Å²) in [5.74, 6) is 0. The minimum atomic E-state index is 1.14. The molecule has 0 saturated heterocycles. The highest BCUT2D eigenvalue weighted by atomic mass is 15.0. The van der Waals surface area contributed by atoms with Crippen LogP contribution in [0.25, 0.3) is 72.0 Å². The van der Waals surface area contributed by atoms with Crippen LogP contribution in [-0.4, -0.2) is 9.55 Å². The van der Waals surface area contributed by atoms with E-state index in [4.69, 9.17) is 0 Å². The van der Waals surface area contributed by atoms with Gasteiger partial charge in [0.1, 0.15) is 0 Å². The lowest BCUT2D eigenvalue weighted by Crippen LogP contribution is -1.96. The number of hydrogen-bond acceptors (Lipinski definition) is 1. The Morgan fingerprint density at radius 2 is 1.02 bits per heavy atom. The molecule has 0 aliphatic heterocycles. The molecule has 0 aliphatic rings. The Morgan fingerprint density at radius 3 is 1.82 bits per heavy atom. The number of fused-ring (bicyclic) bond motifs is 3. The lowest BCUT2D eigenvalue weighted by Gasteiger charge is -2.15. The first-order valence-corrected chi connectivity index (χ1v) is 15.5. The fraction of sp³-hybridized carbons (Fsp3) is 0.0465. The van der Waals surface area contributed by atoms with E-state index in [2.05, 4.69) is 169 Å². The van der Waals surface area contributed by atoms with Crippen LogP contribution in [0.2, 0.25) is 0 Å². The number of benzene rings is 6. The van der Waals surface area contributed by atoms with Crippen molar-refractivity contribution in [3.63, 3.8) is 0 Å². The Morgan fingerprint density at radius 1 is 0.400 bits per heavy atom. The fourth-order valence-corrected chi connectivity index (χ4v) is 6.64. The molecule has 6 aromatic carbocycles. The third-order valence-electron chi connectivity index (χ3n) is 8.98. The molecule has 2 aromatic heterocycles. The Bertz CT molecular complexity index is 2270. The number of pyridine rings is 1. The second-order valence-electron chi connectivity index (χ2n) is 11.8. The van der Waals surface area contributed by atoms with Gasteiger partial charge in [-0.2, -0.15) is 0 Å². The quantitative estimate of drug-likeness (QED) is 0.199. The summed E-state index contributed by atoms with van der Waals surface area (Å²) in [6.45, 7) is 4.39. The Labute approximate surface area is 263 Å². The smallest absolute Gasteiger partial charge is 0.0547 e. The summed E-state index contributed by atoms with van der Waals surface area (Å²) in [5.41, 5.74) is 15.8. The van der Waals surface area contributed by atoms with Gasteiger partial charge in [-0.05, 0) is 118 Å². The number of aromatic nitrogens is 2. The maximum Gasteiger partial charge on any atom is 0.0547 e. The van der Waals surface area contributed by atoms with Gasteiger partial charge in [0.25, 0.3) is 0 Å². The fourth-order valence-electron chi connectivity index (χ4n) is 6.64. The molecule has 2 heterocycles. The topological polar surface area (TPSA) is 17.8 Å². The van der Waals surface area contributed by atoms with Gasteiger partial charge in [-0.1, -0.05) is 97.1 Å². The molecule has 45 heavy (non-hydrogen) atoms. The minimum Gasteiger partial charge on any atom is -0.309 e. The first-order chi connectivity index (χ1) is 22.1. The highest BCUT2D eigenvalue weighted by Crippen LogP contribution is 2.38. The molecular weight excluding hydrogens is 544 g/mol. The Kier molecular flexibility index (Phi) is 6.61. The standard InChI is InChI=1S/C43H32N2/c1-29-10-6-7-13-38(29)41-27-33(17-16-30(41)2)34-18-19-40-39-14-8-9-15-42(39)45(43(40)28-34)37-25-35(31-11-4-3-5-12-31)24-36(26-37)32-20-22-44-23-21-32/h3-28H,1-2H3. The van der Waals surface area contributed by atoms with E-state index in [1.165, 1.54) is 66.3 Å². The largest absolute Gasteiger partial charge is 0.309 e. The zero-order chi connectivity index (χ0) is 30.3. The summed E-state index contributed by atoms with van der Waals surface area (Å²) in [5, 5.41) is 2.50. The average molecular weight is 577 g/mol. The summed E-state index contributed by atoms with van der Waals surface area (Å²) >= 11 is 0. The molecule has 0 N–H and O–H groups in total. The van der Waals surface area contributed by atoms with Gasteiger partial charge in [0.05, 0.1) is 11.0 Å². The highest BCUT2D eigenvalue weighted by molar-refractivity contribution is 6.10. The number of para-hydroxylation sites is 1. The van der Waals surface area contributed by atoms with Crippen LogP contribution in [0.1, 0.15) is 11.1 Å². The third-order valence-corrected chi connectivity index (χ3v) is 8.98. The summed E-state index contributed by atoms with van der Waals surface area (Å²) < 4.78 is 2.43. The molecule has 214 valence electrons. The van der Waals surface area contributed by atoms with Crippen molar-refractivity contribution in [3.05, 3.63) is 169 Å². The molecule has 0 fully saturated rings. The number of aryl methyl sites for hydroxylation is 2. The first-order valence-electron chi connectivity index (χ1n) is 15.5. The summed E-state index contributed by atoms with van der Waals surface area (Å²) in [7, 11) is 0. The predicted molar refractivity (Wildman–Crippen MR) is 190 cm³/mol. The van der Waals surface area contributed by atoms with E-state index in [9.17, 15) is 0 Å². The molecule has 8 aromatic rings. The Balaban J connectivity index is 1.37. The summed E-state index contributed by atoms with van der Waals surface area (Å²) in [4.78, 5) is 4.27. The number of hydrogen-bond donors (Lipinski definition) is 0. The lowest BCUT2D eigenvalue weighted by atomic mass is 9.92. The van der Waals surface area contributed by atoms with Crippen LogP contribution in [0.15, 0.2) is 158 Å². The maximum atomic E-state index is 4.27. The van der Waals surface area contributed by atoms with Crippen LogP contribution >= 0.6 is 0 Å². The van der Waals surface area contributed by atoms with Gasteiger partial charge >= 0.3 is 0 Å². The van der Waals surface area contributed by atoms with Crippen molar-refractivity contribution in [1.82, 2.24) is 9.55 Å². The molecule has 8 rings (SSSR count). The SMILES string of the molecule is Cc1ccccc1-c1cc(-c2ccc3c4ccccc4n(-c4cc(-c5ccccc5)cc(-c5ccncc5)c4)c3c2)ccc1C. The normalized spacial score (nSPS) is 11.3. The molecule has 0 spiro atoms. The molecule has 0 atom stereocenters. The van der Waals surface area contributed by atoms with E-state index < -0.39 is 0 Å². The van der Waals surface area contributed by atoms with Crippen LogP contribution in [0.5, 0.6) is 0 Å². The molecular formula is C43H32N2. The molecule has 0 amide bonds. The lowest BCUT2D eigenvalue weighted by molar-refractivity contribution is 1.18. The average Bonchev–Trinajstić information content (AvgIpc) is 3.43. The minimum absolute atomic E-state index is 1.14. The monoisotopic (exact) mass is 576 g/mol.